The standard InChI is InChI=1S/C22H23N3O5/c1-4-14-7-5-6-8-17(14)23-20(26)13-25-21(27)18(24-22(25)28)11-15-9-10-16(29-2)12-19(15)30-3/h5-12H,4,13H2,1-3H3,(H,23,26)(H,24,28)/b18-11+. The van der Waals surface area contributed by atoms with Crippen LogP contribution in [0.5, 0.6) is 11.5 Å². The molecule has 0 radical (unpaired) electrons. The zero-order chi connectivity index (χ0) is 21.7. The van der Waals surface area contributed by atoms with Crippen LogP contribution < -0.4 is 20.1 Å². The van der Waals surface area contributed by atoms with Crippen LogP contribution in [-0.4, -0.2) is 43.5 Å². The van der Waals surface area contributed by atoms with Crippen molar-refractivity contribution in [3.63, 3.8) is 0 Å². The Morgan fingerprint density at radius 3 is 2.60 bits per heavy atom. The Morgan fingerprint density at radius 2 is 1.90 bits per heavy atom. The molecule has 0 spiro atoms. The monoisotopic (exact) mass is 409 g/mol. The second kappa shape index (κ2) is 9.13. The topological polar surface area (TPSA) is 97.0 Å². The molecule has 0 atom stereocenters. The first-order valence-corrected chi connectivity index (χ1v) is 9.41. The molecule has 8 heteroatoms. The predicted octanol–water partition coefficient (Wildman–Crippen LogP) is 2.80. The van der Waals surface area contributed by atoms with Crippen molar-refractivity contribution in [1.82, 2.24) is 10.2 Å². The van der Waals surface area contributed by atoms with Crippen LogP contribution in [0.2, 0.25) is 0 Å². The van der Waals surface area contributed by atoms with Crippen molar-refractivity contribution in [2.45, 2.75) is 13.3 Å². The highest BCUT2D eigenvalue weighted by atomic mass is 16.5. The smallest absolute Gasteiger partial charge is 0.329 e. The van der Waals surface area contributed by atoms with E-state index in [0.29, 0.717) is 22.7 Å². The van der Waals surface area contributed by atoms with Crippen LogP contribution in [0.4, 0.5) is 10.5 Å². The quantitative estimate of drug-likeness (QED) is 0.541. The van der Waals surface area contributed by atoms with E-state index in [2.05, 4.69) is 10.6 Å². The average molecular weight is 409 g/mol. The van der Waals surface area contributed by atoms with Gasteiger partial charge in [0.05, 0.1) is 14.2 Å². The lowest BCUT2D eigenvalue weighted by molar-refractivity contribution is -0.127. The van der Waals surface area contributed by atoms with Crippen LogP contribution in [-0.2, 0) is 16.0 Å². The van der Waals surface area contributed by atoms with Crippen molar-refractivity contribution in [3.05, 3.63) is 59.3 Å². The van der Waals surface area contributed by atoms with E-state index in [9.17, 15) is 14.4 Å². The maximum Gasteiger partial charge on any atom is 0.329 e. The number of imide groups is 1. The van der Waals surface area contributed by atoms with Gasteiger partial charge in [-0.3, -0.25) is 9.59 Å². The van der Waals surface area contributed by atoms with Gasteiger partial charge >= 0.3 is 6.03 Å². The molecule has 0 saturated carbocycles. The molecule has 0 unspecified atom stereocenters. The number of amides is 4. The van der Waals surface area contributed by atoms with E-state index in [1.807, 2.05) is 25.1 Å². The number of carbonyl (C=O) groups excluding carboxylic acids is 3. The maximum atomic E-state index is 12.7. The van der Waals surface area contributed by atoms with Crippen molar-refractivity contribution in [3.8, 4) is 11.5 Å². The third-order valence-corrected chi connectivity index (χ3v) is 4.68. The third-order valence-electron chi connectivity index (χ3n) is 4.68. The summed E-state index contributed by atoms with van der Waals surface area (Å²) in [6.45, 7) is 1.59. The lowest BCUT2D eigenvalue weighted by Crippen LogP contribution is -2.38. The van der Waals surface area contributed by atoms with Crippen molar-refractivity contribution < 1.29 is 23.9 Å². The molecule has 8 nitrogen and oxygen atoms in total. The van der Waals surface area contributed by atoms with E-state index in [0.717, 1.165) is 16.9 Å². The van der Waals surface area contributed by atoms with E-state index in [-0.39, 0.29) is 12.2 Å². The Hall–Kier alpha value is -3.81. The Labute approximate surface area is 174 Å². The summed E-state index contributed by atoms with van der Waals surface area (Å²) in [6.07, 6.45) is 2.25. The summed E-state index contributed by atoms with van der Waals surface area (Å²) in [7, 11) is 3.03. The zero-order valence-electron chi connectivity index (χ0n) is 17.0. The van der Waals surface area contributed by atoms with Crippen molar-refractivity contribution >= 4 is 29.6 Å². The Balaban J connectivity index is 1.75. The van der Waals surface area contributed by atoms with Crippen LogP contribution in [0.3, 0.4) is 0 Å². The van der Waals surface area contributed by atoms with E-state index in [1.165, 1.54) is 20.3 Å². The SMILES string of the molecule is CCc1ccccc1NC(=O)CN1C(=O)N/C(=C/c2ccc(OC)cc2OC)C1=O. The Kier molecular flexibility index (Phi) is 6.36. The summed E-state index contributed by atoms with van der Waals surface area (Å²) < 4.78 is 10.5. The third kappa shape index (κ3) is 4.43. The minimum Gasteiger partial charge on any atom is -0.497 e. The molecule has 1 saturated heterocycles. The minimum atomic E-state index is -0.655. The van der Waals surface area contributed by atoms with E-state index >= 15 is 0 Å². The van der Waals surface area contributed by atoms with Crippen molar-refractivity contribution in [2.75, 3.05) is 26.1 Å². The molecule has 1 fully saturated rings. The Bertz CT molecular complexity index is 1020. The predicted molar refractivity (Wildman–Crippen MR) is 112 cm³/mol. The normalized spacial score (nSPS) is 14.6. The van der Waals surface area contributed by atoms with Gasteiger partial charge < -0.3 is 20.1 Å². The first kappa shape index (κ1) is 20.9. The van der Waals surface area contributed by atoms with E-state index < -0.39 is 17.8 Å². The van der Waals surface area contributed by atoms with Crippen LogP contribution in [0.25, 0.3) is 6.08 Å². The van der Waals surface area contributed by atoms with Crippen molar-refractivity contribution in [1.29, 1.82) is 0 Å². The molecule has 2 aromatic rings. The molecule has 4 amide bonds. The number of nitrogens with one attached hydrogen (secondary N) is 2. The summed E-state index contributed by atoms with van der Waals surface area (Å²) in [4.78, 5) is 38.2. The number of benzene rings is 2. The van der Waals surface area contributed by atoms with Gasteiger partial charge in [-0.1, -0.05) is 25.1 Å². The molecule has 2 aromatic carbocycles. The second-order valence-corrected chi connectivity index (χ2v) is 6.55. The molecule has 156 valence electrons. The average Bonchev–Trinajstić information content (AvgIpc) is 3.01. The number of nitrogens with zero attached hydrogens (tertiary/aromatic N) is 1. The molecular weight excluding hydrogens is 386 g/mol. The summed E-state index contributed by atoms with van der Waals surface area (Å²) in [5.74, 6) is 0.0391. The molecule has 30 heavy (non-hydrogen) atoms. The fourth-order valence-corrected chi connectivity index (χ4v) is 3.09. The molecule has 1 heterocycles. The number of anilines is 1. The van der Waals surface area contributed by atoms with Gasteiger partial charge in [-0.05, 0) is 36.3 Å². The number of urea groups is 1. The molecule has 3 rings (SSSR count). The highest BCUT2D eigenvalue weighted by Gasteiger charge is 2.35. The summed E-state index contributed by atoms with van der Waals surface area (Å²) >= 11 is 0. The number of rotatable bonds is 7. The number of carbonyl (C=O) groups is 3. The molecule has 0 bridgehead atoms. The summed E-state index contributed by atoms with van der Waals surface area (Å²) in [5.41, 5.74) is 2.28. The van der Waals surface area contributed by atoms with Crippen LogP contribution in [0, 0.1) is 0 Å². The van der Waals surface area contributed by atoms with Gasteiger partial charge in [0, 0.05) is 17.3 Å². The lowest BCUT2D eigenvalue weighted by atomic mass is 10.1. The second-order valence-electron chi connectivity index (χ2n) is 6.55. The van der Waals surface area contributed by atoms with Crippen LogP contribution >= 0.6 is 0 Å². The zero-order valence-corrected chi connectivity index (χ0v) is 17.0. The fraction of sp³-hybridized carbons (Fsp3) is 0.227. The van der Waals surface area contributed by atoms with Gasteiger partial charge in [0.1, 0.15) is 23.7 Å². The number of aryl methyl sites for hydroxylation is 1. The summed E-state index contributed by atoms with van der Waals surface area (Å²) in [6, 6.07) is 11.8. The first-order chi connectivity index (χ1) is 14.5. The highest BCUT2D eigenvalue weighted by Crippen LogP contribution is 2.27. The molecule has 0 aliphatic carbocycles. The fourth-order valence-electron chi connectivity index (χ4n) is 3.09. The van der Waals surface area contributed by atoms with Gasteiger partial charge in [0.2, 0.25) is 5.91 Å². The largest absolute Gasteiger partial charge is 0.497 e. The minimum absolute atomic E-state index is 0.0604. The number of hydrogen-bond donors (Lipinski definition) is 2. The highest BCUT2D eigenvalue weighted by molar-refractivity contribution is 6.16. The van der Waals surface area contributed by atoms with Gasteiger partial charge in [-0.25, -0.2) is 9.69 Å². The van der Waals surface area contributed by atoms with Gasteiger partial charge in [0.25, 0.3) is 5.91 Å². The maximum absolute atomic E-state index is 12.7. The van der Waals surface area contributed by atoms with Crippen LogP contribution in [0.1, 0.15) is 18.1 Å². The number of methoxy groups -OCH3 is 2. The van der Waals surface area contributed by atoms with Crippen LogP contribution in [0.15, 0.2) is 48.2 Å². The van der Waals surface area contributed by atoms with Gasteiger partial charge in [-0.15, -0.1) is 0 Å². The number of para-hydroxylation sites is 1. The Morgan fingerprint density at radius 1 is 1.13 bits per heavy atom. The van der Waals surface area contributed by atoms with Crippen molar-refractivity contribution in [2.24, 2.45) is 0 Å². The van der Waals surface area contributed by atoms with E-state index in [1.54, 1.807) is 24.3 Å². The molecular formula is C22H23N3O5. The molecule has 1 aliphatic rings. The molecule has 0 aromatic heterocycles. The van der Waals surface area contributed by atoms with Gasteiger partial charge in [0.15, 0.2) is 0 Å². The number of hydrogen-bond acceptors (Lipinski definition) is 5. The molecule has 1 aliphatic heterocycles. The number of ether oxygens (including phenoxy) is 2. The molecule has 2 N–H and O–H groups in total. The van der Waals surface area contributed by atoms with Gasteiger partial charge in [-0.2, -0.15) is 0 Å². The first-order valence-electron chi connectivity index (χ1n) is 9.41. The lowest BCUT2D eigenvalue weighted by Gasteiger charge is -2.13. The van der Waals surface area contributed by atoms with E-state index in [4.69, 9.17) is 9.47 Å². The summed E-state index contributed by atoms with van der Waals surface area (Å²) in [5, 5.41) is 5.26.